The van der Waals surface area contributed by atoms with Crippen molar-refractivity contribution in [1.29, 1.82) is 0 Å². The fourth-order valence-corrected chi connectivity index (χ4v) is 3.53. The van der Waals surface area contributed by atoms with Crippen molar-refractivity contribution in [2.24, 2.45) is 0 Å². The lowest BCUT2D eigenvalue weighted by Crippen LogP contribution is -2.12. The van der Waals surface area contributed by atoms with E-state index in [4.69, 9.17) is 34.8 Å². The van der Waals surface area contributed by atoms with Gasteiger partial charge >= 0.3 is 5.70 Å². The smallest absolute Gasteiger partial charge is 0.298 e. The molecule has 1 aliphatic heterocycles. The van der Waals surface area contributed by atoms with E-state index in [-0.39, 0.29) is 32.5 Å². The lowest BCUT2D eigenvalue weighted by atomic mass is 10.5. The number of carbonyl (C=O) groups excluding carboxylic acids is 1. The van der Waals surface area contributed by atoms with Gasteiger partial charge in [0.05, 0.1) is 16.4 Å². The molecule has 1 heterocycles. The second kappa shape index (κ2) is 6.16. The molecule has 0 aromatic carbocycles. The molecule has 0 aromatic rings. The van der Waals surface area contributed by atoms with Gasteiger partial charge < -0.3 is 0 Å². The fourth-order valence-electron chi connectivity index (χ4n) is 0.846. The van der Waals surface area contributed by atoms with Crippen molar-refractivity contribution in [1.82, 2.24) is 0 Å². The van der Waals surface area contributed by atoms with Gasteiger partial charge in [0.25, 0.3) is 0 Å². The molecule has 1 saturated heterocycles. The zero-order valence-corrected chi connectivity index (χ0v) is 11.4. The normalized spacial score (nSPS) is 15.9. The van der Waals surface area contributed by atoms with Crippen LogP contribution < -0.4 is 0 Å². The van der Waals surface area contributed by atoms with Crippen LogP contribution in [0.25, 0.3) is 0 Å². The minimum atomic E-state index is -0.655. The van der Waals surface area contributed by atoms with Crippen molar-refractivity contribution in [3.05, 3.63) is 29.6 Å². The van der Waals surface area contributed by atoms with E-state index < -0.39 is 4.92 Å². The summed E-state index contributed by atoms with van der Waals surface area (Å²) < 4.78 is -0.00707. The molecule has 1 rings (SSSR count). The summed E-state index contributed by atoms with van der Waals surface area (Å²) in [4.78, 5) is 21.1. The van der Waals surface area contributed by atoms with Gasteiger partial charge in [-0.1, -0.05) is 34.8 Å². The molecule has 4 nitrogen and oxygen atoms in total. The molecule has 0 unspecified atom stereocenters. The van der Waals surface area contributed by atoms with E-state index in [9.17, 15) is 14.9 Å². The summed E-state index contributed by atoms with van der Waals surface area (Å²) >= 11 is 18.6. The zero-order chi connectivity index (χ0) is 12.3. The number of nitrogens with zero attached hydrogens (tertiary/aromatic N) is 1. The van der Waals surface area contributed by atoms with Crippen molar-refractivity contribution < 1.29 is 9.72 Å². The highest BCUT2D eigenvalue weighted by Crippen LogP contribution is 2.40. The third kappa shape index (κ3) is 3.56. The Morgan fingerprint density at radius 3 is 2.12 bits per heavy atom. The lowest BCUT2D eigenvalue weighted by Gasteiger charge is -2.12. The van der Waals surface area contributed by atoms with Crippen LogP contribution in [0.2, 0.25) is 0 Å². The number of halogens is 3. The van der Waals surface area contributed by atoms with Crippen LogP contribution in [0.3, 0.4) is 0 Å². The Bertz CT molecular complexity index is 392. The predicted molar refractivity (Wildman–Crippen MR) is 68.5 cm³/mol. The molecule has 1 fully saturated rings. The SMILES string of the molecule is O=C1CSC(=C(C(Cl)=C(Cl)Cl)[N+](=O)[O-])SC1. The van der Waals surface area contributed by atoms with Crippen LogP contribution in [0.5, 0.6) is 0 Å². The number of allylic oxidation sites excluding steroid dienone is 1. The second-order valence-corrected chi connectivity index (χ2v) is 6.14. The van der Waals surface area contributed by atoms with E-state index in [0.717, 1.165) is 23.5 Å². The molecule has 1 aliphatic rings. The van der Waals surface area contributed by atoms with Crippen molar-refractivity contribution >= 4 is 64.1 Å². The van der Waals surface area contributed by atoms with E-state index in [2.05, 4.69) is 0 Å². The number of ketones is 1. The van der Waals surface area contributed by atoms with E-state index in [0.29, 0.717) is 4.24 Å². The molecular weight excluding hydrogens is 317 g/mol. The Labute approximate surface area is 115 Å². The van der Waals surface area contributed by atoms with Gasteiger partial charge in [-0.2, -0.15) is 0 Å². The maximum atomic E-state index is 11.0. The topological polar surface area (TPSA) is 60.2 Å². The number of rotatable bonds is 2. The monoisotopic (exact) mass is 319 g/mol. The van der Waals surface area contributed by atoms with Crippen LogP contribution >= 0.6 is 58.3 Å². The predicted octanol–water partition coefficient (Wildman–Crippen LogP) is 3.37. The highest BCUT2D eigenvalue weighted by Gasteiger charge is 2.29. The molecule has 88 valence electrons. The van der Waals surface area contributed by atoms with Crippen LogP contribution in [-0.4, -0.2) is 22.2 Å². The third-order valence-corrected chi connectivity index (χ3v) is 4.97. The summed E-state index contributed by atoms with van der Waals surface area (Å²) in [6.45, 7) is 0. The van der Waals surface area contributed by atoms with E-state index in [1.54, 1.807) is 0 Å². The quantitative estimate of drug-likeness (QED) is 0.576. The fraction of sp³-hybridized carbons (Fsp3) is 0.286. The summed E-state index contributed by atoms with van der Waals surface area (Å²) in [6, 6.07) is 0. The van der Waals surface area contributed by atoms with E-state index in [1.807, 2.05) is 0 Å². The van der Waals surface area contributed by atoms with Crippen LogP contribution in [0.15, 0.2) is 19.5 Å². The summed E-state index contributed by atoms with van der Waals surface area (Å²) in [5, 5.41) is 10.5. The molecule has 16 heavy (non-hydrogen) atoms. The number of carbonyl (C=O) groups is 1. The maximum Gasteiger partial charge on any atom is 0.310 e. The molecule has 0 radical (unpaired) electrons. The average Bonchev–Trinajstić information content (AvgIpc) is 2.20. The van der Waals surface area contributed by atoms with Crippen molar-refractivity contribution in [2.45, 2.75) is 0 Å². The van der Waals surface area contributed by atoms with Crippen LogP contribution in [-0.2, 0) is 4.79 Å². The largest absolute Gasteiger partial charge is 0.310 e. The zero-order valence-electron chi connectivity index (χ0n) is 7.54. The molecule has 0 saturated carbocycles. The molecule has 0 atom stereocenters. The van der Waals surface area contributed by atoms with Gasteiger partial charge in [0, 0.05) is 0 Å². The number of Topliss-reactive ketones (excluding diaryl/α,β-unsaturated/α-hetero) is 1. The minimum absolute atomic E-state index is 0.0264. The van der Waals surface area contributed by atoms with Gasteiger partial charge in [0.15, 0.2) is 10.8 Å². The Hall–Kier alpha value is 0.120. The summed E-state index contributed by atoms with van der Waals surface area (Å²) in [7, 11) is 0. The van der Waals surface area contributed by atoms with Crippen molar-refractivity contribution in [3.63, 3.8) is 0 Å². The van der Waals surface area contributed by atoms with Gasteiger partial charge in [0.1, 0.15) is 8.73 Å². The van der Waals surface area contributed by atoms with Gasteiger partial charge in [-0.25, -0.2) is 0 Å². The highest BCUT2D eigenvalue weighted by atomic mass is 35.5. The van der Waals surface area contributed by atoms with Crippen LogP contribution in [0, 0.1) is 10.1 Å². The molecule has 0 bridgehead atoms. The first-order chi connectivity index (χ1) is 7.43. The molecule has 0 aromatic heterocycles. The van der Waals surface area contributed by atoms with Gasteiger partial charge in [-0.3, -0.25) is 14.9 Å². The summed E-state index contributed by atoms with van der Waals surface area (Å²) in [5.41, 5.74) is -0.343. The lowest BCUT2D eigenvalue weighted by molar-refractivity contribution is -0.419. The Morgan fingerprint density at radius 2 is 1.75 bits per heavy atom. The number of nitro groups is 1. The number of thioether (sulfide) groups is 2. The molecule has 0 aliphatic carbocycles. The molecule has 0 N–H and O–H groups in total. The first kappa shape index (κ1) is 14.2. The van der Waals surface area contributed by atoms with E-state index in [1.165, 1.54) is 0 Å². The molecule has 0 amide bonds. The number of hydrogen-bond acceptors (Lipinski definition) is 5. The van der Waals surface area contributed by atoms with Gasteiger partial charge in [-0.05, 0) is 0 Å². The standard InChI is InChI=1S/C7H4Cl3NO3S2/c8-4(6(9)10)5(11(13)14)7-15-1-3(12)2-16-7/h1-2H2. The Balaban J connectivity index is 3.11. The van der Waals surface area contributed by atoms with Gasteiger partial charge in [-0.15, -0.1) is 23.5 Å². The third-order valence-electron chi connectivity index (χ3n) is 1.48. The highest BCUT2D eigenvalue weighted by molar-refractivity contribution is 8.23. The molecule has 0 spiro atoms. The van der Waals surface area contributed by atoms with Crippen molar-refractivity contribution in [2.75, 3.05) is 11.5 Å². The number of hydrogen-bond donors (Lipinski definition) is 0. The first-order valence-corrected chi connectivity index (χ1v) is 6.91. The van der Waals surface area contributed by atoms with Crippen molar-refractivity contribution in [3.8, 4) is 0 Å². The minimum Gasteiger partial charge on any atom is -0.298 e. The second-order valence-electron chi connectivity index (χ2n) is 2.58. The van der Waals surface area contributed by atoms with E-state index >= 15 is 0 Å². The van der Waals surface area contributed by atoms with Gasteiger partial charge in [0.2, 0.25) is 0 Å². The Kier molecular flexibility index (Phi) is 5.46. The van der Waals surface area contributed by atoms with Crippen LogP contribution in [0.1, 0.15) is 0 Å². The molecule has 9 heteroatoms. The average molecular weight is 321 g/mol. The first-order valence-electron chi connectivity index (χ1n) is 3.80. The molecular formula is C7H4Cl3NO3S2. The summed E-state index contributed by atoms with van der Waals surface area (Å²) in [6.07, 6.45) is 0. The Morgan fingerprint density at radius 1 is 1.25 bits per heavy atom. The van der Waals surface area contributed by atoms with Crippen LogP contribution in [0.4, 0.5) is 0 Å². The summed E-state index contributed by atoms with van der Waals surface area (Å²) in [5.74, 6) is 0.423. The maximum absolute atomic E-state index is 11.0.